The van der Waals surface area contributed by atoms with Crippen LogP contribution in [0.4, 0.5) is 19.0 Å². The molecule has 2 fully saturated rings. The minimum Gasteiger partial charge on any atom is -0.367 e. The van der Waals surface area contributed by atoms with Gasteiger partial charge in [0.25, 0.3) is 0 Å². The van der Waals surface area contributed by atoms with Crippen molar-refractivity contribution in [2.75, 3.05) is 18.4 Å². The Morgan fingerprint density at radius 1 is 1.18 bits per heavy atom. The lowest BCUT2D eigenvalue weighted by atomic mass is 9.80. The maximum Gasteiger partial charge on any atom is 0.393 e. The number of piperidine rings is 1. The number of hydrogen-bond donors (Lipinski definition) is 2. The fraction of sp³-hybridized carbons (Fsp3) is 0.438. The molecule has 0 atom stereocenters. The van der Waals surface area contributed by atoms with Crippen LogP contribution in [0.25, 0.3) is 21.1 Å². The fourth-order valence-corrected chi connectivity index (χ4v) is 7.50. The number of anilines is 1. The Balaban J connectivity index is 1.07. The van der Waals surface area contributed by atoms with Crippen LogP contribution in [0.3, 0.4) is 0 Å². The normalized spacial score (nSPS) is 19.5. The summed E-state index contributed by atoms with van der Waals surface area (Å²) in [6.45, 7) is 8.94. The van der Waals surface area contributed by atoms with Crippen molar-refractivity contribution in [2.45, 2.75) is 70.4 Å². The number of likely N-dealkylation sites (tertiary alicyclic amines) is 1. The van der Waals surface area contributed by atoms with Gasteiger partial charge < -0.3 is 15.2 Å². The number of hydrogen-bond acceptors (Lipinski definition) is 7. The molecule has 0 spiro atoms. The highest BCUT2D eigenvalue weighted by molar-refractivity contribution is 7.18. The molecule has 1 saturated heterocycles. The van der Waals surface area contributed by atoms with Crippen molar-refractivity contribution in [3.8, 4) is 6.07 Å². The largest absolute Gasteiger partial charge is 0.393 e. The average molecular weight is 622 g/mol. The second-order valence-corrected chi connectivity index (χ2v) is 13.0. The predicted octanol–water partition coefficient (Wildman–Crippen LogP) is 6.09. The number of rotatable bonds is 9. The topological polar surface area (TPSA) is 98.9 Å². The summed E-state index contributed by atoms with van der Waals surface area (Å²) >= 11 is 1.06. The monoisotopic (exact) mass is 621 g/mol. The third-order valence-corrected chi connectivity index (χ3v) is 9.91. The number of halogens is 3. The number of nitrogens with one attached hydrogen (secondary N) is 2. The molecule has 0 bridgehead atoms. The summed E-state index contributed by atoms with van der Waals surface area (Å²) in [5.74, 6) is 0.854. The van der Waals surface area contributed by atoms with Crippen LogP contribution in [0.1, 0.15) is 47.4 Å². The molecule has 1 amide bonds. The average Bonchev–Trinajstić information content (AvgIpc) is 3.54. The van der Waals surface area contributed by atoms with Gasteiger partial charge >= 0.3 is 6.18 Å². The van der Waals surface area contributed by atoms with Crippen LogP contribution in [0.15, 0.2) is 43.2 Å². The Morgan fingerprint density at radius 2 is 1.95 bits per heavy atom. The summed E-state index contributed by atoms with van der Waals surface area (Å²) < 4.78 is 40.8. The molecule has 8 nitrogen and oxygen atoms in total. The Labute approximate surface area is 257 Å². The second-order valence-electron chi connectivity index (χ2n) is 11.9. The summed E-state index contributed by atoms with van der Waals surface area (Å²) in [4.78, 5) is 23.3. The maximum atomic E-state index is 12.9. The summed E-state index contributed by atoms with van der Waals surface area (Å²) in [7, 11) is 0. The van der Waals surface area contributed by atoms with Gasteiger partial charge in [-0.25, -0.2) is 9.97 Å². The van der Waals surface area contributed by atoms with Gasteiger partial charge in [0.15, 0.2) is 0 Å². The van der Waals surface area contributed by atoms with E-state index in [1.54, 1.807) is 6.07 Å². The van der Waals surface area contributed by atoms with Crippen LogP contribution < -0.4 is 10.6 Å². The van der Waals surface area contributed by atoms with E-state index in [9.17, 15) is 23.2 Å². The highest BCUT2D eigenvalue weighted by Crippen LogP contribution is 2.35. The van der Waals surface area contributed by atoms with Crippen LogP contribution in [0.2, 0.25) is 0 Å². The molecule has 0 radical (unpaired) electrons. The number of benzene rings is 1. The predicted molar refractivity (Wildman–Crippen MR) is 165 cm³/mol. The van der Waals surface area contributed by atoms with Crippen LogP contribution in [-0.2, 0) is 24.3 Å². The molecule has 2 aliphatic rings. The van der Waals surface area contributed by atoms with Crippen molar-refractivity contribution in [3.63, 3.8) is 0 Å². The maximum absolute atomic E-state index is 12.9. The van der Waals surface area contributed by atoms with Gasteiger partial charge in [-0.05, 0) is 73.9 Å². The first-order valence-electron chi connectivity index (χ1n) is 14.8. The van der Waals surface area contributed by atoms with E-state index in [0.717, 1.165) is 74.1 Å². The van der Waals surface area contributed by atoms with E-state index in [-0.39, 0.29) is 22.9 Å². The molecule has 1 aromatic carbocycles. The van der Waals surface area contributed by atoms with Crippen molar-refractivity contribution in [1.82, 2.24) is 24.8 Å². The fourth-order valence-electron chi connectivity index (χ4n) is 6.48. The smallest absolute Gasteiger partial charge is 0.367 e. The minimum absolute atomic E-state index is 0.145. The number of aryl methyl sites for hydroxylation is 1. The Morgan fingerprint density at radius 3 is 2.66 bits per heavy atom. The Bertz CT molecular complexity index is 1740. The molecule has 4 aromatic rings. The van der Waals surface area contributed by atoms with Gasteiger partial charge in [-0.1, -0.05) is 12.6 Å². The lowest BCUT2D eigenvalue weighted by Crippen LogP contribution is -2.44. The van der Waals surface area contributed by atoms with E-state index in [1.807, 2.05) is 6.07 Å². The molecule has 1 aliphatic carbocycles. The standard InChI is InChI=1S/C32H34F3N7OS/c1-3-29(43)39-23-10-20(11-23)16-42-24(15-36)12-26-19(2)21(4-5-28(26)42)17-41-8-6-22(7-9-41)40-30-27-13-25(14-32(33,34)35)44-31(27)38-18-37-30/h3-5,12-13,18,20,22-23H,1,6-11,14,16-17H2,2H3,(H,39,43)(H,37,38,40)/t20-,23+. The van der Waals surface area contributed by atoms with Gasteiger partial charge in [-0.2, -0.15) is 18.4 Å². The summed E-state index contributed by atoms with van der Waals surface area (Å²) in [5.41, 5.74) is 4.13. The molecular formula is C32H34F3N7OS. The molecule has 1 aliphatic heterocycles. The number of fused-ring (bicyclic) bond motifs is 2. The van der Waals surface area contributed by atoms with E-state index in [0.29, 0.717) is 27.6 Å². The lowest BCUT2D eigenvalue weighted by molar-refractivity contribution is -0.126. The first kappa shape index (κ1) is 30.1. The number of aromatic nitrogens is 3. The Kier molecular flexibility index (Phi) is 8.35. The molecule has 4 heterocycles. The first-order valence-corrected chi connectivity index (χ1v) is 15.7. The molecule has 0 unspecified atom stereocenters. The molecular weight excluding hydrogens is 587 g/mol. The van der Waals surface area contributed by atoms with Gasteiger partial charge in [-0.3, -0.25) is 9.69 Å². The number of nitrogens with zero attached hydrogens (tertiary/aromatic N) is 5. The van der Waals surface area contributed by atoms with E-state index in [4.69, 9.17) is 0 Å². The molecule has 1 saturated carbocycles. The van der Waals surface area contributed by atoms with Gasteiger partial charge in [0.05, 0.1) is 11.8 Å². The summed E-state index contributed by atoms with van der Waals surface area (Å²) in [5, 5.41) is 18.0. The SMILES string of the molecule is C=CC(=O)N[C@H]1C[C@@H](Cn2c(C#N)cc3c(C)c(CN4CCC(Nc5ncnc6sc(CC(F)(F)F)cc56)CC4)ccc32)C1. The first-order chi connectivity index (χ1) is 21.1. The summed E-state index contributed by atoms with van der Waals surface area (Å²) in [6.07, 6.45) is 1.04. The van der Waals surface area contributed by atoms with E-state index >= 15 is 0 Å². The highest BCUT2D eigenvalue weighted by Gasteiger charge is 2.31. The van der Waals surface area contributed by atoms with Crippen molar-refractivity contribution >= 4 is 44.2 Å². The Hall–Kier alpha value is -3.95. The van der Waals surface area contributed by atoms with Crippen molar-refractivity contribution in [2.24, 2.45) is 5.92 Å². The van der Waals surface area contributed by atoms with Crippen LogP contribution in [0, 0.1) is 24.2 Å². The zero-order valence-corrected chi connectivity index (χ0v) is 25.3. The van der Waals surface area contributed by atoms with Gasteiger partial charge in [0, 0.05) is 54.0 Å². The molecule has 2 N–H and O–H groups in total. The third-order valence-electron chi connectivity index (χ3n) is 8.87. The van der Waals surface area contributed by atoms with E-state index in [1.165, 1.54) is 23.5 Å². The molecule has 6 rings (SSSR count). The molecule has 3 aromatic heterocycles. The molecule has 44 heavy (non-hydrogen) atoms. The third kappa shape index (κ3) is 6.44. The molecule has 230 valence electrons. The van der Waals surface area contributed by atoms with E-state index < -0.39 is 12.6 Å². The minimum atomic E-state index is -4.26. The summed E-state index contributed by atoms with van der Waals surface area (Å²) in [6, 6.07) is 10.5. The zero-order valence-electron chi connectivity index (χ0n) is 24.5. The van der Waals surface area contributed by atoms with Crippen LogP contribution >= 0.6 is 11.3 Å². The van der Waals surface area contributed by atoms with Gasteiger partial charge in [-0.15, -0.1) is 11.3 Å². The number of amides is 1. The quantitative estimate of drug-likeness (QED) is 0.220. The molecule has 12 heteroatoms. The highest BCUT2D eigenvalue weighted by atomic mass is 32.1. The zero-order chi connectivity index (χ0) is 31.0. The second kappa shape index (κ2) is 12.2. The number of carbonyl (C=O) groups is 1. The number of thiophene rings is 1. The number of carbonyl (C=O) groups excluding carboxylic acids is 1. The van der Waals surface area contributed by atoms with Gasteiger partial charge in [0.1, 0.15) is 28.7 Å². The lowest BCUT2D eigenvalue weighted by Gasteiger charge is -2.36. The van der Waals surface area contributed by atoms with Crippen molar-refractivity contribution < 1.29 is 18.0 Å². The number of alkyl halides is 3. The van der Waals surface area contributed by atoms with Crippen LogP contribution in [0.5, 0.6) is 0 Å². The van der Waals surface area contributed by atoms with E-state index in [2.05, 4.69) is 61.8 Å². The van der Waals surface area contributed by atoms with Gasteiger partial charge in [0.2, 0.25) is 5.91 Å². The number of nitriles is 1. The van der Waals surface area contributed by atoms with Crippen LogP contribution in [-0.4, -0.2) is 56.7 Å². The van der Waals surface area contributed by atoms with Crippen molar-refractivity contribution in [3.05, 3.63) is 64.9 Å². The van der Waals surface area contributed by atoms with Crippen molar-refractivity contribution in [1.29, 1.82) is 5.26 Å².